The Kier molecular flexibility index (Phi) is 5.02. The molecule has 3 rings (SSSR count). The Morgan fingerprint density at radius 3 is 1.76 bits per heavy atom. The molecule has 2 N–H and O–H groups in total. The van der Waals surface area contributed by atoms with Gasteiger partial charge in [0, 0.05) is 0 Å². The average Bonchev–Trinajstić information content (AvgIpc) is 2.56. The van der Waals surface area contributed by atoms with Gasteiger partial charge in [-0.15, -0.1) is 0 Å². The summed E-state index contributed by atoms with van der Waals surface area (Å²) in [5.41, 5.74) is 3.59. The lowest BCUT2D eigenvalue weighted by Crippen LogP contribution is -2.31. The van der Waals surface area contributed by atoms with Gasteiger partial charge < -0.3 is 10.0 Å². The first-order valence-corrected chi connectivity index (χ1v) is 8.75. The van der Waals surface area contributed by atoms with Crippen molar-refractivity contribution in [3.8, 4) is 0 Å². The van der Waals surface area contributed by atoms with E-state index in [1.54, 1.807) is 0 Å². The van der Waals surface area contributed by atoms with Crippen molar-refractivity contribution in [2.45, 2.75) is 76.0 Å². The zero-order chi connectivity index (χ0) is 14.7. The molecule has 2 fully saturated rings. The van der Waals surface area contributed by atoms with Crippen LogP contribution in [0.2, 0.25) is 0 Å². The van der Waals surface area contributed by atoms with E-state index in [9.17, 15) is 10.0 Å². The van der Waals surface area contributed by atoms with Gasteiger partial charge in [0.25, 0.3) is 0 Å². The van der Waals surface area contributed by atoms with Crippen LogP contribution in [0.3, 0.4) is 0 Å². The second kappa shape index (κ2) is 6.98. The van der Waals surface area contributed by atoms with Gasteiger partial charge in [-0.2, -0.15) is 0 Å². The lowest BCUT2D eigenvalue weighted by atomic mass is 9.71. The summed E-state index contributed by atoms with van der Waals surface area (Å²) in [4.78, 5) is 0. The Hall–Kier alpha value is -0.795. The summed E-state index contributed by atoms with van der Waals surface area (Å²) in [5, 5.41) is 19.0. The third-order valence-corrected chi connectivity index (χ3v) is 5.50. The normalized spacial score (nSPS) is 21.4. The van der Waals surface area contributed by atoms with Crippen LogP contribution in [0.5, 0.6) is 0 Å². The van der Waals surface area contributed by atoms with Crippen LogP contribution in [-0.2, 0) is 0 Å². The van der Waals surface area contributed by atoms with Crippen molar-refractivity contribution in [2.24, 2.45) is 0 Å². The van der Waals surface area contributed by atoms with E-state index >= 15 is 0 Å². The third kappa shape index (κ3) is 3.52. The highest BCUT2D eigenvalue weighted by Gasteiger charge is 2.25. The van der Waals surface area contributed by atoms with Crippen molar-refractivity contribution in [2.75, 3.05) is 0 Å². The molecule has 0 aromatic heterocycles. The molecule has 1 aromatic rings. The summed E-state index contributed by atoms with van der Waals surface area (Å²) < 4.78 is 0. The minimum Gasteiger partial charge on any atom is -0.423 e. The van der Waals surface area contributed by atoms with E-state index in [1.165, 1.54) is 75.3 Å². The zero-order valence-corrected chi connectivity index (χ0v) is 12.9. The molecule has 114 valence electrons. The van der Waals surface area contributed by atoms with Crippen LogP contribution in [0.15, 0.2) is 18.2 Å². The zero-order valence-electron chi connectivity index (χ0n) is 12.9. The summed E-state index contributed by atoms with van der Waals surface area (Å²) in [6, 6.07) is 6.19. The molecule has 2 nitrogen and oxygen atoms in total. The molecular weight excluding hydrogens is 259 g/mol. The molecule has 1 aromatic carbocycles. The monoisotopic (exact) mass is 286 g/mol. The minimum atomic E-state index is -1.34. The van der Waals surface area contributed by atoms with Crippen LogP contribution in [0, 0.1) is 0 Å². The van der Waals surface area contributed by atoms with E-state index in [-0.39, 0.29) is 0 Å². The Balaban J connectivity index is 1.92. The maximum Gasteiger partial charge on any atom is 0.488 e. The van der Waals surface area contributed by atoms with Gasteiger partial charge in [-0.25, -0.2) is 0 Å². The summed E-state index contributed by atoms with van der Waals surface area (Å²) in [5.74, 6) is 1.33. The van der Waals surface area contributed by atoms with E-state index in [0.717, 1.165) is 0 Å². The average molecular weight is 286 g/mol. The predicted molar refractivity (Wildman–Crippen MR) is 87.9 cm³/mol. The summed E-state index contributed by atoms with van der Waals surface area (Å²) in [6.45, 7) is 0. The van der Waals surface area contributed by atoms with Gasteiger partial charge in [0.15, 0.2) is 0 Å². The van der Waals surface area contributed by atoms with E-state index in [0.29, 0.717) is 17.3 Å². The molecule has 0 bridgehead atoms. The summed E-state index contributed by atoms with van der Waals surface area (Å²) in [6.07, 6.45) is 13.2. The second-order valence-electron chi connectivity index (χ2n) is 6.93. The highest BCUT2D eigenvalue weighted by Crippen LogP contribution is 2.40. The Morgan fingerprint density at radius 1 is 0.714 bits per heavy atom. The molecule has 2 aliphatic rings. The minimum absolute atomic E-state index is 0.634. The smallest absolute Gasteiger partial charge is 0.423 e. The SMILES string of the molecule is OB(O)c1ccc(C2CCCCC2)c(C2CCCCC2)c1. The molecule has 0 spiro atoms. The van der Waals surface area contributed by atoms with E-state index in [2.05, 4.69) is 12.1 Å². The van der Waals surface area contributed by atoms with E-state index < -0.39 is 7.12 Å². The lowest BCUT2D eigenvalue weighted by molar-refractivity contribution is 0.417. The maximum absolute atomic E-state index is 9.50. The molecule has 0 atom stereocenters. The van der Waals surface area contributed by atoms with Crippen LogP contribution in [0.25, 0.3) is 0 Å². The molecular formula is C18H27BO2. The Labute approximate surface area is 128 Å². The van der Waals surface area contributed by atoms with Crippen molar-refractivity contribution in [3.63, 3.8) is 0 Å². The molecule has 3 heteroatoms. The first kappa shape index (κ1) is 15.1. The van der Waals surface area contributed by atoms with Crippen molar-refractivity contribution < 1.29 is 10.0 Å². The van der Waals surface area contributed by atoms with Gasteiger partial charge in [-0.05, 0) is 54.1 Å². The Morgan fingerprint density at radius 2 is 1.24 bits per heavy atom. The number of rotatable bonds is 3. The van der Waals surface area contributed by atoms with Gasteiger partial charge in [0.2, 0.25) is 0 Å². The van der Waals surface area contributed by atoms with Crippen LogP contribution in [-0.4, -0.2) is 17.2 Å². The molecule has 0 saturated heterocycles. The predicted octanol–water partition coefficient (Wildman–Crippen LogP) is 3.46. The van der Waals surface area contributed by atoms with E-state index in [4.69, 9.17) is 0 Å². The largest absolute Gasteiger partial charge is 0.488 e. The third-order valence-electron chi connectivity index (χ3n) is 5.50. The van der Waals surface area contributed by atoms with Crippen LogP contribution < -0.4 is 5.46 Å². The topological polar surface area (TPSA) is 40.5 Å². The van der Waals surface area contributed by atoms with Gasteiger partial charge >= 0.3 is 7.12 Å². The highest BCUT2D eigenvalue weighted by atomic mass is 16.4. The molecule has 0 unspecified atom stereocenters. The molecule has 21 heavy (non-hydrogen) atoms. The van der Waals surface area contributed by atoms with Gasteiger partial charge in [-0.1, -0.05) is 56.7 Å². The van der Waals surface area contributed by atoms with Crippen molar-refractivity contribution in [1.29, 1.82) is 0 Å². The lowest BCUT2D eigenvalue weighted by Gasteiger charge is -2.30. The number of hydrogen-bond acceptors (Lipinski definition) is 2. The second-order valence-corrected chi connectivity index (χ2v) is 6.93. The van der Waals surface area contributed by atoms with Crippen LogP contribution in [0.4, 0.5) is 0 Å². The number of benzene rings is 1. The fourth-order valence-electron chi connectivity index (χ4n) is 4.31. The Bertz CT molecular complexity index is 460. The maximum atomic E-state index is 9.50. The molecule has 0 heterocycles. The van der Waals surface area contributed by atoms with Crippen LogP contribution in [0.1, 0.15) is 87.2 Å². The molecule has 0 amide bonds. The molecule has 0 aliphatic heterocycles. The standard InChI is InChI=1S/C18H27BO2/c20-19(21)16-11-12-17(14-7-3-1-4-8-14)18(13-16)15-9-5-2-6-10-15/h11-15,20-21H,1-10H2. The molecule has 0 radical (unpaired) electrons. The van der Waals surface area contributed by atoms with Gasteiger partial charge in [0.1, 0.15) is 0 Å². The van der Waals surface area contributed by atoms with Crippen molar-refractivity contribution in [3.05, 3.63) is 29.3 Å². The van der Waals surface area contributed by atoms with Crippen molar-refractivity contribution >= 4 is 12.6 Å². The summed E-state index contributed by atoms with van der Waals surface area (Å²) >= 11 is 0. The number of hydrogen-bond donors (Lipinski definition) is 2. The molecule has 2 saturated carbocycles. The quantitative estimate of drug-likeness (QED) is 0.835. The first-order chi connectivity index (χ1) is 10.3. The fourth-order valence-corrected chi connectivity index (χ4v) is 4.31. The fraction of sp³-hybridized carbons (Fsp3) is 0.667. The van der Waals surface area contributed by atoms with Gasteiger partial charge in [0.05, 0.1) is 0 Å². The van der Waals surface area contributed by atoms with Crippen molar-refractivity contribution in [1.82, 2.24) is 0 Å². The highest BCUT2D eigenvalue weighted by molar-refractivity contribution is 6.58. The van der Waals surface area contributed by atoms with Gasteiger partial charge in [-0.3, -0.25) is 0 Å². The molecule has 2 aliphatic carbocycles. The van der Waals surface area contributed by atoms with E-state index in [1.807, 2.05) is 6.07 Å². The first-order valence-electron chi connectivity index (χ1n) is 8.75. The summed E-state index contributed by atoms with van der Waals surface area (Å²) in [7, 11) is -1.34. The van der Waals surface area contributed by atoms with Crippen LogP contribution >= 0.6 is 0 Å².